The normalized spacial score (nSPS) is 12.4. The molecule has 1 unspecified atom stereocenters. The van der Waals surface area contributed by atoms with Crippen LogP contribution in [0.4, 0.5) is 0 Å². The van der Waals surface area contributed by atoms with Gasteiger partial charge in [0.25, 0.3) is 0 Å². The van der Waals surface area contributed by atoms with Crippen molar-refractivity contribution in [1.82, 2.24) is 5.32 Å². The summed E-state index contributed by atoms with van der Waals surface area (Å²) < 4.78 is 4.48. The van der Waals surface area contributed by atoms with E-state index in [4.69, 9.17) is 0 Å². The summed E-state index contributed by atoms with van der Waals surface area (Å²) in [6.45, 7) is 2.06. The van der Waals surface area contributed by atoms with E-state index in [2.05, 4.69) is 29.1 Å². The van der Waals surface area contributed by atoms with Gasteiger partial charge in [-0.05, 0) is 18.9 Å². The molecule has 86 valence electrons. The first-order valence-electron chi connectivity index (χ1n) is 5.27. The van der Waals surface area contributed by atoms with Gasteiger partial charge in [0.2, 0.25) is 0 Å². The van der Waals surface area contributed by atoms with Crippen LogP contribution in [0.1, 0.15) is 12.5 Å². The summed E-state index contributed by atoms with van der Waals surface area (Å²) in [5.41, 5.74) is 1.27. The number of esters is 1. The number of hydrogen-bond donors (Lipinski definition) is 1. The summed E-state index contributed by atoms with van der Waals surface area (Å²) in [6.07, 6.45) is 3.92. The molecule has 0 aliphatic rings. The van der Waals surface area contributed by atoms with E-state index < -0.39 is 0 Å². The largest absolute Gasteiger partial charge is 0.466 e. The predicted octanol–water partition coefficient (Wildman–Crippen LogP) is 1.89. The highest BCUT2D eigenvalue weighted by Gasteiger charge is 2.00. The zero-order valence-electron chi connectivity index (χ0n) is 9.64. The lowest BCUT2D eigenvalue weighted by Gasteiger charge is -2.11. The van der Waals surface area contributed by atoms with E-state index in [9.17, 15) is 4.79 Å². The van der Waals surface area contributed by atoms with Crippen LogP contribution in [0.15, 0.2) is 42.6 Å². The van der Waals surface area contributed by atoms with Crippen molar-refractivity contribution in [2.24, 2.45) is 0 Å². The molecule has 1 aromatic carbocycles. The Morgan fingerprint density at radius 3 is 2.75 bits per heavy atom. The fourth-order valence-corrected chi connectivity index (χ4v) is 1.38. The minimum absolute atomic E-state index is 0.281. The second kappa shape index (κ2) is 6.67. The van der Waals surface area contributed by atoms with Crippen LogP contribution in [-0.4, -0.2) is 19.1 Å². The Balaban J connectivity index is 2.34. The summed E-state index contributed by atoms with van der Waals surface area (Å²) in [4.78, 5) is 10.8. The Kier molecular flexibility index (Phi) is 5.12. The van der Waals surface area contributed by atoms with Crippen molar-refractivity contribution in [3.8, 4) is 0 Å². The Morgan fingerprint density at radius 2 is 2.12 bits per heavy atom. The van der Waals surface area contributed by atoms with Crippen molar-refractivity contribution in [2.45, 2.75) is 19.4 Å². The van der Waals surface area contributed by atoms with E-state index in [0.717, 1.165) is 6.42 Å². The molecule has 1 aromatic rings. The van der Waals surface area contributed by atoms with Crippen LogP contribution in [0.5, 0.6) is 0 Å². The first-order valence-corrected chi connectivity index (χ1v) is 5.27. The van der Waals surface area contributed by atoms with E-state index in [1.165, 1.54) is 18.7 Å². The van der Waals surface area contributed by atoms with Crippen molar-refractivity contribution in [1.29, 1.82) is 0 Å². The average molecular weight is 219 g/mol. The molecule has 3 nitrogen and oxygen atoms in total. The van der Waals surface area contributed by atoms with Crippen LogP contribution in [0.25, 0.3) is 0 Å². The van der Waals surface area contributed by atoms with Gasteiger partial charge in [-0.15, -0.1) is 0 Å². The molecule has 0 fully saturated rings. The number of benzene rings is 1. The molecule has 0 amide bonds. The zero-order valence-corrected chi connectivity index (χ0v) is 9.64. The van der Waals surface area contributed by atoms with E-state index in [1.807, 2.05) is 18.2 Å². The van der Waals surface area contributed by atoms with E-state index in [1.54, 1.807) is 6.20 Å². The molecule has 1 atom stereocenters. The molecule has 0 heterocycles. The van der Waals surface area contributed by atoms with Gasteiger partial charge in [-0.1, -0.05) is 30.3 Å². The predicted molar refractivity (Wildman–Crippen MR) is 63.9 cm³/mol. The van der Waals surface area contributed by atoms with Crippen molar-refractivity contribution >= 4 is 5.97 Å². The monoisotopic (exact) mass is 219 g/mol. The fourth-order valence-electron chi connectivity index (χ4n) is 1.38. The summed E-state index contributed by atoms with van der Waals surface area (Å²) >= 11 is 0. The third-order valence-corrected chi connectivity index (χ3v) is 2.19. The first kappa shape index (κ1) is 12.3. The maximum absolute atomic E-state index is 10.8. The number of nitrogens with one attached hydrogen (secondary N) is 1. The Hall–Kier alpha value is -1.77. The van der Waals surface area contributed by atoms with Gasteiger partial charge in [0.15, 0.2) is 0 Å². The highest BCUT2D eigenvalue weighted by Crippen LogP contribution is 2.02. The topological polar surface area (TPSA) is 38.3 Å². The maximum atomic E-state index is 10.8. The van der Waals surface area contributed by atoms with Crippen LogP contribution in [0.2, 0.25) is 0 Å². The summed E-state index contributed by atoms with van der Waals surface area (Å²) in [7, 11) is 1.36. The molecular weight excluding hydrogens is 202 g/mol. The standard InChI is InChI=1S/C13H17NO2/c1-11(14-9-8-13(15)16-2)10-12-6-4-3-5-7-12/h3-9,11,14H,10H2,1-2H3/b9-8+. The quantitative estimate of drug-likeness (QED) is 0.607. The number of hydrogen-bond acceptors (Lipinski definition) is 3. The zero-order chi connectivity index (χ0) is 11.8. The highest BCUT2D eigenvalue weighted by atomic mass is 16.5. The van der Waals surface area contributed by atoms with Gasteiger partial charge in [-0.2, -0.15) is 0 Å². The molecule has 0 aliphatic carbocycles. The van der Waals surface area contributed by atoms with Crippen molar-refractivity contribution in [3.05, 3.63) is 48.2 Å². The molecular formula is C13H17NO2. The minimum atomic E-state index is -0.348. The molecule has 0 bridgehead atoms. The Bertz CT molecular complexity index is 346. The smallest absolute Gasteiger partial charge is 0.331 e. The summed E-state index contributed by atoms with van der Waals surface area (Å²) in [5.74, 6) is -0.348. The SMILES string of the molecule is COC(=O)/C=C/NC(C)Cc1ccccc1. The molecule has 0 saturated carbocycles. The van der Waals surface area contributed by atoms with E-state index >= 15 is 0 Å². The number of carbonyl (C=O) groups excluding carboxylic acids is 1. The number of ether oxygens (including phenoxy) is 1. The minimum Gasteiger partial charge on any atom is -0.466 e. The van der Waals surface area contributed by atoms with Crippen LogP contribution < -0.4 is 5.32 Å². The number of methoxy groups -OCH3 is 1. The molecule has 0 saturated heterocycles. The fraction of sp³-hybridized carbons (Fsp3) is 0.308. The Labute approximate surface area is 96.1 Å². The van der Waals surface area contributed by atoms with Crippen LogP contribution in [-0.2, 0) is 16.0 Å². The molecule has 1 rings (SSSR count). The van der Waals surface area contributed by atoms with Crippen LogP contribution in [0, 0.1) is 0 Å². The van der Waals surface area contributed by atoms with Gasteiger partial charge in [0, 0.05) is 18.3 Å². The third-order valence-electron chi connectivity index (χ3n) is 2.19. The molecule has 3 heteroatoms. The van der Waals surface area contributed by atoms with Gasteiger partial charge < -0.3 is 10.1 Å². The molecule has 0 aliphatic heterocycles. The van der Waals surface area contributed by atoms with Crippen molar-refractivity contribution in [3.63, 3.8) is 0 Å². The van der Waals surface area contributed by atoms with E-state index in [-0.39, 0.29) is 12.0 Å². The highest BCUT2D eigenvalue weighted by molar-refractivity contribution is 5.81. The second-order valence-corrected chi connectivity index (χ2v) is 3.61. The molecule has 0 aromatic heterocycles. The van der Waals surface area contributed by atoms with Gasteiger partial charge in [0.1, 0.15) is 0 Å². The summed E-state index contributed by atoms with van der Waals surface area (Å²) in [6, 6.07) is 10.5. The number of carbonyl (C=O) groups is 1. The molecule has 0 radical (unpaired) electrons. The maximum Gasteiger partial charge on any atom is 0.331 e. The van der Waals surface area contributed by atoms with Gasteiger partial charge in [-0.25, -0.2) is 4.79 Å². The van der Waals surface area contributed by atoms with Crippen molar-refractivity contribution < 1.29 is 9.53 Å². The molecule has 1 N–H and O–H groups in total. The third kappa shape index (κ3) is 4.64. The lowest BCUT2D eigenvalue weighted by atomic mass is 10.1. The summed E-state index contributed by atoms with van der Waals surface area (Å²) in [5, 5.41) is 3.11. The second-order valence-electron chi connectivity index (χ2n) is 3.61. The van der Waals surface area contributed by atoms with Gasteiger partial charge in [-0.3, -0.25) is 0 Å². The first-order chi connectivity index (χ1) is 7.72. The molecule has 16 heavy (non-hydrogen) atoms. The number of rotatable bonds is 5. The lowest BCUT2D eigenvalue weighted by molar-refractivity contribution is -0.134. The van der Waals surface area contributed by atoms with Crippen LogP contribution >= 0.6 is 0 Å². The lowest BCUT2D eigenvalue weighted by Crippen LogP contribution is -2.23. The molecule has 0 spiro atoms. The average Bonchev–Trinajstić information content (AvgIpc) is 2.30. The Morgan fingerprint density at radius 1 is 1.44 bits per heavy atom. The van der Waals surface area contributed by atoms with Crippen LogP contribution in [0.3, 0.4) is 0 Å². The van der Waals surface area contributed by atoms with Gasteiger partial charge >= 0.3 is 5.97 Å². The van der Waals surface area contributed by atoms with E-state index in [0.29, 0.717) is 0 Å². The van der Waals surface area contributed by atoms with Gasteiger partial charge in [0.05, 0.1) is 7.11 Å². The van der Waals surface area contributed by atoms with Crippen molar-refractivity contribution in [2.75, 3.05) is 7.11 Å².